The molecule has 8 heteroatoms. The van der Waals surface area contributed by atoms with E-state index in [1.165, 1.54) is 0 Å². The van der Waals surface area contributed by atoms with Gasteiger partial charge in [-0.05, 0) is 50.1 Å². The Balaban J connectivity index is 1.65. The molecule has 0 spiro atoms. The Hall–Kier alpha value is -1.28. The van der Waals surface area contributed by atoms with Crippen LogP contribution in [-0.4, -0.2) is 70.9 Å². The first-order valence-corrected chi connectivity index (χ1v) is 8.73. The fourth-order valence-electron chi connectivity index (χ4n) is 2.03. The Labute approximate surface area is 147 Å². The number of rotatable bonds is 8. The third-order valence-electron chi connectivity index (χ3n) is 3.72. The van der Waals surface area contributed by atoms with E-state index in [9.17, 15) is 9.59 Å². The van der Waals surface area contributed by atoms with E-state index in [0.717, 1.165) is 25.7 Å². The van der Waals surface area contributed by atoms with E-state index in [0.29, 0.717) is 22.3 Å². The minimum atomic E-state index is -0.132. The van der Waals surface area contributed by atoms with Crippen molar-refractivity contribution in [1.29, 1.82) is 0 Å². The van der Waals surface area contributed by atoms with Crippen LogP contribution in [0.4, 0.5) is 0 Å². The molecule has 6 nitrogen and oxygen atoms in total. The summed E-state index contributed by atoms with van der Waals surface area (Å²) in [6.45, 7) is 0.303. The van der Waals surface area contributed by atoms with Gasteiger partial charge in [-0.15, -0.1) is 0 Å². The maximum absolute atomic E-state index is 12.0. The highest BCUT2D eigenvalue weighted by molar-refractivity contribution is 7.80. The summed E-state index contributed by atoms with van der Waals surface area (Å²) < 4.78 is 0. The highest BCUT2D eigenvalue weighted by Crippen LogP contribution is 2.19. The van der Waals surface area contributed by atoms with Gasteiger partial charge in [0, 0.05) is 26.2 Å². The molecule has 0 aromatic heterocycles. The summed E-state index contributed by atoms with van der Waals surface area (Å²) in [5.74, 6) is -0.265. The van der Waals surface area contributed by atoms with E-state index in [1.807, 2.05) is 0 Å². The lowest BCUT2D eigenvalue weighted by atomic mass is 10.2. The van der Waals surface area contributed by atoms with Crippen molar-refractivity contribution in [1.82, 2.24) is 20.4 Å². The predicted octanol–water partition coefficient (Wildman–Crippen LogP) is 0.452. The minimum absolute atomic E-state index is 0.0905. The molecule has 0 aromatic rings. The molecule has 128 valence electrons. The summed E-state index contributed by atoms with van der Waals surface area (Å²) in [7, 11) is 3.53. The highest BCUT2D eigenvalue weighted by Gasteiger charge is 2.25. The molecule has 0 amide bonds. The molecule has 0 unspecified atom stereocenters. The Morgan fingerprint density at radius 3 is 1.52 bits per heavy atom. The van der Waals surface area contributed by atoms with Crippen molar-refractivity contribution in [2.75, 3.05) is 27.2 Å². The molecule has 2 saturated carbocycles. The first kappa shape index (κ1) is 18.1. The lowest BCUT2D eigenvalue weighted by molar-refractivity contribution is -0.127. The largest absolute Gasteiger partial charge is 0.360 e. The van der Waals surface area contributed by atoms with Gasteiger partial charge in [-0.1, -0.05) is 0 Å². The highest BCUT2D eigenvalue weighted by atomic mass is 32.1. The zero-order valence-corrected chi connectivity index (χ0v) is 15.3. The number of Topliss-reactive ketones (excluding diaryl/α,β-unsaturated/α-hetero) is 2. The van der Waals surface area contributed by atoms with Crippen molar-refractivity contribution in [3.63, 3.8) is 0 Å². The zero-order valence-electron chi connectivity index (χ0n) is 13.6. The molecule has 2 aliphatic carbocycles. The van der Waals surface area contributed by atoms with E-state index < -0.39 is 0 Å². The summed E-state index contributed by atoms with van der Waals surface area (Å²) in [6, 6.07) is 0.908. The van der Waals surface area contributed by atoms with E-state index in [2.05, 4.69) is 10.6 Å². The molecule has 0 bridgehead atoms. The average molecular weight is 357 g/mol. The summed E-state index contributed by atoms with van der Waals surface area (Å²) >= 11 is 10.4. The first-order chi connectivity index (χ1) is 10.8. The Bertz CT molecular complexity index is 460. The van der Waals surface area contributed by atoms with Gasteiger partial charge >= 0.3 is 0 Å². The number of carbonyl (C=O) groups is 2. The second-order valence-corrected chi connectivity index (χ2v) is 7.19. The zero-order chi connectivity index (χ0) is 17.0. The Kier molecular flexibility index (Phi) is 6.29. The minimum Gasteiger partial charge on any atom is -0.360 e. The SMILES string of the molecule is CN(CC(=O)CC(=O)CN(C)C(=S)NC1CC1)C(=S)NC1CC1. The van der Waals surface area contributed by atoms with Gasteiger partial charge in [-0.3, -0.25) is 9.59 Å². The summed E-state index contributed by atoms with van der Waals surface area (Å²) in [6.07, 6.45) is 4.42. The summed E-state index contributed by atoms with van der Waals surface area (Å²) in [5.41, 5.74) is 0. The van der Waals surface area contributed by atoms with Gasteiger partial charge in [0.05, 0.1) is 19.5 Å². The maximum atomic E-state index is 12.0. The van der Waals surface area contributed by atoms with E-state index >= 15 is 0 Å². The van der Waals surface area contributed by atoms with Crippen LogP contribution in [0, 0.1) is 0 Å². The smallest absolute Gasteiger partial charge is 0.169 e. The molecule has 2 aliphatic rings. The average Bonchev–Trinajstić information content (AvgIpc) is 3.33. The van der Waals surface area contributed by atoms with Crippen LogP contribution >= 0.6 is 24.4 Å². The number of hydrogen-bond acceptors (Lipinski definition) is 4. The van der Waals surface area contributed by atoms with Crippen LogP contribution in [0.1, 0.15) is 32.1 Å². The quantitative estimate of drug-likeness (QED) is 0.480. The number of thiocarbonyl (C=S) groups is 2. The molecule has 0 aromatic carbocycles. The summed E-state index contributed by atoms with van der Waals surface area (Å²) in [4.78, 5) is 27.4. The van der Waals surface area contributed by atoms with Crippen LogP contribution in [0.25, 0.3) is 0 Å². The second-order valence-electron chi connectivity index (χ2n) is 6.41. The molecular weight excluding hydrogens is 332 g/mol. The molecule has 0 heterocycles. The molecule has 2 rings (SSSR count). The lowest BCUT2D eigenvalue weighted by Crippen LogP contribution is -2.43. The van der Waals surface area contributed by atoms with E-state index in [1.54, 1.807) is 23.9 Å². The van der Waals surface area contributed by atoms with Crippen LogP contribution in [0.5, 0.6) is 0 Å². The second kappa shape index (κ2) is 8.01. The summed E-state index contributed by atoms with van der Waals surface area (Å²) in [5, 5.41) is 7.48. The van der Waals surface area contributed by atoms with Gasteiger partial charge in [0.25, 0.3) is 0 Å². The normalized spacial score (nSPS) is 16.4. The number of carbonyl (C=O) groups excluding carboxylic acids is 2. The van der Waals surface area contributed by atoms with Crippen molar-refractivity contribution in [2.24, 2.45) is 0 Å². The van der Waals surface area contributed by atoms with Gasteiger partial charge in [0.1, 0.15) is 0 Å². The molecule has 2 N–H and O–H groups in total. The topological polar surface area (TPSA) is 64.7 Å². The van der Waals surface area contributed by atoms with Crippen molar-refractivity contribution < 1.29 is 9.59 Å². The van der Waals surface area contributed by atoms with Crippen LogP contribution in [0.3, 0.4) is 0 Å². The van der Waals surface area contributed by atoms with Crippen LogP contribution in [0.2, 0.25) is 0 Å². The van der Waals surface area contributed by atoms with Gasteiger partial charge in [-0.25, -0.2) is 0 Å². The monoisotopic (exact) mass is 356 g/mol. The molecule has 0 aliphatic heterocycles. The molecule has 0 atom stereocenters. The molecule has 23 heavy (non-hydrogen) atoms. The van der Waals surface area contributed by atoms with Crippen molar-refractivity contribution >= 4 is 46.2 Å². The van der Waals surface area contributed by atoms with Crippen molar-refractivity contribution in [3.8, 4) is 0 Å². The fraction of sp³-hybridized carbons (Fsp3) is 0.733. The predicted molar refractivity (Wildman–Crippen MR) is 97.4 cm³/mol. The molecule has 2 fully saturated rings. The third kappa shape index (κ3) is 6.78. The number of nitrogens with zero attached hydrogens (tertiary/aromatic N) is 2. The number of hydrogen-bond donors (Lipinski definition) is 2. The standard InChI is InChI=1S/C15H24N4O2S2/c1-18(14(22)16-10-3-4-10)8-12(20)7-13(21)9-19(2)15(23)17-11-5-6-11/h10-11H,3-9H2,1-2H3,(H,16,22)(H,17,23). The van der Waals surface area contributed by atoms with Gasteiger partial charge < -0.3 is 20.4 Å². The fourth-order valence-corrected chi connectivity index (χ4v) is 2.49. The van der Waals surface area contributed by atoms with E-state index in [-0.39, 0.29) is 31.1 Å². The molecule has 0 saturated heterocycles. The van der Waals surface area contributed by atoms with Crippen LogP contribution in [0.15, 0.2) is 0 Å². The number of nitrogens with one attached hydrogen (secondary N) is 2. The van der Waals surface area contributed by atoms with Gasteiger partial charge in [0.2, 0.25) is 0 Å². The Morgan fingerprint density at radius 1 is 0.870 bits per heavy atom. The number of ketones is 2. The van der Waals surface area contributed by atoms with Gasteiger partial charge in [0.15, 0.2) is 21.8 Å². The van der Waals surface area contributed by atoms with E-state index in [4.69, 9.17) is 24.4 Å². The molecule has 0 radical (unpaired) electrons. The van der Waals surface area contributed by atoms with Crippen LogP contribution < -0.4 is 10.6 Å². The lowest BCUT2D eigenvalue weighted by Gasteiger charge is -2.21. The molecular formula is C15H24N4O2S2. The van der Waals surface area contributed by atoms with Crippen molar-refractivity contribution in [2.45, 2.75) is 44.2 Å². The van der Waals surface area contributed by atoms with Crippen LogP contribution in [-0.2, 0) is 9.59 Å². The maximum Gasteiger partial charge on any atom is 0.169 e. The third-order valence-corrected chi connectivity index (χ3v) is 4.58. The Morgan fingerprint density at radius 2 is 1.22 bits per heavy atom. The van der Waals surface area contributed by atoms with Crippen molar-refractivity contribution in [3.05, 3.63) is 0 Å². The first-order valence-electron chi connectivity index (χ1n) is 7.92. The van der Waals surface area contributed by atoms with Gasteiger partial charge in [-0.2, -0.15) is 0 Å². The number of likely N-dealkylation sites (N-methyl/N-ethyl adjacent to an activating group) is 2.